The average molecular weight is 313 g/mol. The summed E-state index contributed by atoms with van der Waals surface area (Å²) in [7, 11) is 0. The standard InChI is InChI=1S/C18H23N3O2/c1-2-12-23-13-11-21-16-6-4-3-5-15(16)20-18(21)17(22)14-7-9-19-10-8-14/h2-6,14,19H,1,7-13H2. The second kappa shape index (κ2) is 7.53. The number of fused-ring (bicyclic) bond motifs is 1. The fourth-order valence-electron chi connectivity index (χ4n) is 3.08. The quantitative estimate of drug-likeness (QED) is 0.484. The number of imidazole rings is 1. The van der Waals surface area contributed by atoms with Crippen molar-refractivity contribution in [3.63, 3.8) is 0 Å². The first-order chi connectivity index (χ1) is 11.3. The number of benzene rings is 1. The van der Waals surface area contributed by atoms with Crippen LogP contribution in [0.3, 0.4) is 0 Å². The van der Waals surface area contributed by atoms with Crippen molar-refractivity contribution in [2.75, 3.05) is 26.3 Å². The van der Waals surface area contributed by atoms with Gasteiger partial charge in [0.25, 0.3) is 0 Å². The minimum Gasteiger partial charge on any atom is -0.376 e. The van der Waals surface area contributed by atoms with Crippen LogP contribution in [0.2, 0.25) is 0 Å². The lowest BCUT2D eigenvalue weighted by molar-refractivity contribution is 0.0876. The Hall–Kier alpha value is -1.98. The fraction of sp³-hybridized carbons (Fsp3) is 0.444. The molecule has 3 rings (SSSR count). The Morgan fingerprint density at radius 3 is 2.96 bits per heavy atom. The smallest absolute Gasteiger partial charge is 0.201 e. The van der Waals surface area contributed by atoms with Gasteiger partial charge in [0.2, 0.25) is 5.78 Å². The van der Waals surface area contributed by atoms with Gasteiger partial charge in [-0.1, -0.05) is 18.2 Å². The van der Waals surface area contributed by atoms with Crippen molar-refractivity contribution in [2.45, 2.75) is 19.4 Å². The first kappa shape index (κ1) is 15.9. The number of nitrogens with zero attached hydrogens (tertiary/aromatic N) is 2. The molecule has 1 N–H and O–H groups in total. The Kier molecular flexibility index (Phi) is 5.20. The molecule has 1 aromatic carbocycles. The maximum Gasteiger partial charge on any atom is 0.201 e. The van der Waals surface area contributed by atoms with Crippen molar-refractivity contribution in [2.24, 2.45) is 5.92 Å². The topological polar surface area (TPSA) is 56.1 Å². The molecule has 2 aromatic rings. The number of ether oxygens (including phenoxy) is 1. The summed E-state index contributed by atoms with van der Waals surface area (Å²) >= 11 is 0. The number of hydrogen-bond donors (Lipinski definition) is 1. The van der Waals surface area contributed by atoms with Gasteiger partial charge in [0, 0.05) is 12.5 Å². The van der Waals surface area contributed by atoms with Crippen LogP contribution in [-0.4, -0.2) is 41.6 Å². The van der Waals surface area contributed by atoms with E-state index in [-0.39, 0.29) is 11.7 Å². The third-order valence-electron chi connectivity index (χ3n) is 4.28. The second-order valence-corrected chi connectivity index (χ2v) is 5.83. The van der Waals surface area contributed by atoms with Crippen LogP contribution < -0.4 is 5.32 Å². The summed E-state index contributed by atoms with van der Waals surface area (Å²) in [6.07, 6.45) is 3.50. The van der Waals surface area contributed by atoms with E-state index in [1.54, 1.807) is 6.08 Å². The summed E-state index contributed by atoms with van der Waals surface area (Å²) in [4.78, 5) is 17.5. The van der Waals surface area contributed by atoms with Gasteiger partial charge in [0.15, 0.2) is 5.82 Å². The van der Waals surface area contributed by atoms with E-state index in [1.165, 1.54) is 0 Å². The Bertz CT molecular complexity index is 687. The van der Waals surface area contributed by atoms with Crippen LogP contribution in [0, 0.1) is 5.92 Å². The van der Waals surface area contributed by atoms with Gasteiger partial charge in [-0.15, -0.1) is 6.58 Å². The zero-order valence-corrected chi connectivity index (χ0v) is 13.3. The third kappa shape index (κ3) is 3.51. The molecule has 1 saturated heterocycles. The highest BCUT2D eigenvalue weighted by molar-refractivity contribution is 5.98. The number of carbonyl (C=O) groups excluding carboxylic acids is 1. The number of nitrogens with one attached hydrogen (secondary N) is 1. The molecule has 2 heterocycles. The van der Waals surface area contributed by atoms with E-state index >= 15 is 0 Å². The van der Waals surface area contributed by atoms with Gasteiger partial charge < -0.3 is 14.6 Å². The molecular formula is C18H23N3O2. The zero-order chi connectivity index (χ0) is 16.1. The lowest BCUT2D eigenvalue weighted by atomic mass is 9.93. The van der Waals surface area contributed by atoms with Gasteiger partial charge in [0.05, 0.1) is 24.2 Å². The van der Waals surface area contributed by atoms with Crippen LogP contribution in [0.4, 0.5) is 0 Å². The van der Waals surface area contributed by atoms with Crippen LogP contribution in [0.5, 0.6) is 0 Å². The number of rotatable bonds is 7. The molecule has 1 aliphatic rings. The first-order valence-electron chi connectivity index (χ1n) is 8.20. The van der Waals surface area contributed by atoms with Gasteiger partial charge in [-0.2, -0.15) is 0 Å². The molecule has 0 atom stereocenters. The van der Waals surface area contributed by atoms with E-state index in [9.17, 15) is 4.79 Å². The number of para-hydroxylation sites is 2. The predicted octanol–water partition coefficient (Wildman–Crippen LogP) is 2.42. The van der Waals surface area contributed by atoms with Gasteiger partial charge in [-0.05, 0) is 38.1 Å². The molecule has 5 nitrogen and oxygen atoms in total. The van der Waals surface area contributed by atoms with E-state index in [0.717, 1.165) is 37.0 Å². The third-order valence-corrected chi connectivity index (χ3v) is 4.28. The molecular weight excluding hydrogens is 290 g/mol. The van der Waals surface area contributed by atoms with E-state index < -0.39 is 0 Å². The Balaban J connectivity index is 1.87. The van der Waals surface area contributed by atoms with Crippen LogP contribution in [0.1, 0.15) is 23.5 Å². The normalized spacial score (nSPS) is 15.8. The zero-order valence-electron chi connectivity index (χ0n) is 13.3. The summed E-state index contributed by atoms with van der Waals surface area (Å²) in [6.45, 7) is 7.14. The molecule has 0 amide bonds. The summed E-state index contributed by atoms with van der Waals surface area (Å²) < 4.78 is 7.50. The summed E-state index contributed by atoms with van der Waals surface area (Å²) in [5.41, 5.74) is 1.86. The second-order valence-electron chi connectivity index (χ2n) is 5.83. The SMILES string of the molecule is C=CCOCCn1c(C(=O)C2CCNCC2)nc2ccccc21. The van der Waals surface area contributed by atoms with Crippen LogP contribution in [-0.2, 0) is 11.3 Å². The minimum atomic E-state index is 0.0703. The van der Waals surface area contributed by atoms with Crippen LogP contribution in [0.25, 0.3) is 11.0 Å². The van der Waals surface area contributed by atoms with Gasteiger partial charge in [-0.25, -0.2) is 4.98 Å². The monoisotopic (exact) mass is 313 g/mol. The molecule has 0 saturated carbocycles. The summed E-state index contributed by atoms with van der Waals surface area (Å²) in [6, 6.07) is 7.89. The van der Waals surface area contributed by atoms with Crippen molar-refractivity contribution < 1.29 is 9.53 Å². The molecule has 1 aliphatic heterocycles. The molecule has 0 radical (unpaired) electrons. The highest BCUT2D eigenvalue weighted by atomic mass is 16.5. The highest BCUT2D eigenvalue weighted by Gasteiger charge is 2.26. The fourth-order valence-corrected chi connectivity index (χ4v) is 3.08. The average Bonchev–Trinajstić information content (AvgIpc) is 2.97. The molecule has 1 fully saturated rings. The largest absolute Gasteiger partial charge is 0.376 e. The van der Waals surface area contributed by atoms with E-state index in [1.807, 2.05) is 28.8 Å². The Morgan fingerprint density at radius 2 is 2.17 bits per heavy atom. The molecule has 0 aliphatic carbocycles. The molecule has 0 bridgehead atoms. The number of carbonyl (C=O) groups is 1. The van der Waals surface area contributed by atoms with E-state index in [0.29, 0.717) is 25.6 Å². The van der Waals surface area contributed by atoms with Crippen LogP contribution >= 0.6 is 0 Å². The number of aromatic nitrogens is 2. The maximum atomic E-state index is 12.9. The summed E-state index contributed by atoms with van der Waals surface area (Å²) in [5.74, 6) is 0.799. The Morgan fingerprint density at radius 1 is 1.39 bits per heavy atom. The molecule has 23 heavy (non-hydrogen) atoms. The molecule has 0 spiro atoms. The maximum absolute atomic E-state index is 12.9. The van der Waals surface area contributed by atoms with Crippen molar-refractivity contribution in [3.05, 3.63) is 42.7 Å². The molecule has 5 heteroatoms. The van der Waals surface area contributed by atoms with E-state index in [2.05, 4.69) is 16.9 Å². The molecule has 0 unspecified atom stereocenters. The number of ketones is 1. The predicted molar refractivity (Wildman–Crippen MR) is 90.7 cm³/mol. The summed E-state index contributed by atoms with van der Waals surface area (Å²) in [5, 5.41) is 3.30. The van der Waals surface area contributed by atoms with Gasteiger partial charge in [0.1, 0.15) is 0 Å². The van der Waals surface area contributed by atoms with Crippen molar-refractivity contribution in [1.82, 2.24) is 14.9 Å². The molecule has 122 valence electrons. The highest BCUT2D eigenvalue weighted by Crippen LogP contribution is 2.22. The van der Waals surface area contributed by atoms with Gasteiger partial charge in [-0.3, -0.25) is 4.79 Å². The molecule has 1 aromatic heterocycles. The van der Waals surface area contributed by atoms with Crippen molar-refractivity contribution in [1.29, 1.82) is 0 Å². The van der Waals surface area contributed by atoms with Crippen molar-refractivity contribution >= 4 is 16.8 Å². The first-order valence-corrected chi connectivity index (χ1v) is 8.20. The van der Waals surface area contributed by atoms with Crippen LogP contribution in [0.15, 0.2) is 36.9 Å². The number of piperidine rings is 1. The lowest BCUT2D eigenvalue weighted by Gasteiger charge is -2.21. The van der Waals surface area contributed by atoms with E-state index in [4.69, 9.17) is 4.74 Å². The Labute approximate surface area is 136 Å². The van der Waals surface area contributed by atoms with Crippen molar-refractivity contribution in [3.8, 4) is 0 Å². The van der Waals surface area contributed by atoms with Gasteiger partial charge >= 0.3 is 0 Å². The minimum absolute atomic E-state index is 0.0703. The number of Topliss-reactive ketones (excluding diaryl/α,β-unsaturated/α-hetero) is 1. The number of hydrogen-bond acceptors (Lipinski definition) is 4. The lowest BCUT2D eigenvalue weighted by Crippen LogP contribution is -2.33.